The van der Waals surface area contributed by atoms with Gasteiger partial charge in [0.05, 0.1) is 28.2 Å². The van der Waals surface area contributed by atoms with Crippen LogP contribution in [0.1, 0.15) is 13.3 Å². The van der Waals surface area contributed by atoms with Crippen LogP contribution in [-0.2, 0) is 19.6 Å². The molecule has 3 aliphatic rings. The Kier molecular flexibility index (Phi) is 4.70. The maximum atomic E-state index is 13.2. The number of amides is 2. The molecule has 0 radical (unpaired) electrons. The van der Waals surface area contributed by atoms with E-state index in [9.17, 15) is 18.0 Å². The Morgan fingerprint density at radius 1 is 1.03 bits per heavy atom. The van der Waals surface area contributed by atoms with Gasteiger partial charge >= 0.3 is 0 Å². The van der Waals surface area contributed by atoms with Crippen LogP contribution in [0, 0.1) is 23.7 Å². The zero-order valence-electron chi connectivity index (χ0n) is 16.4. The molecule has 2 amide bonds. The van der Waals surface area contributed by atoms with E-state index in [1.54, 1.807) is 18.2 Å². The second-order valence-electron chi connectivity index (χ2n) is 8.21. The normalized spacial score (nSPS) is 26.9. The number of sulfonamides is 1. The van der Waals surface area contributed by atoms with E-state index in [4.69, 9.17) is 23.2 Å². The largest absolute Gasteiger partial charge is 0.280 e. The maximum Gasteiger partial charge on any atom is 0.263 e. The number of hydrogen-bond donors (Lipinski definition) is 1. The van der Waals surface area contributed by atoms with Gasteiger partial charge in [0.2, 0.25) is 11.8 Å². The Labute approximate surface area is 189 Å². The van der Waals surface area contributed by atoms with E-state index >= 15 is 0 Å². The first-order chi connectivity index (χ1) is 14.7. The van der Waals surface area contributed by atoms with Crippen molar-refractivity contribution >= 4 is 56.4 Å². The second-order valence-corrected chi connectivity index (χ2v) is 10.7. The van der Waals surface area contributed by atoms with Gasteiger partial charge in [-0.2, -0.15) is 0 Å². The molecule has 160 valence electrons. The average Bonchev–Trinajstić information content (AvgIpc) is 3.33. The van der Waals surface area contributed by atoms with Gasteiger partial charge in [0.25, 0.3) is 10.0 Å². The molecule has 0 spiro atoms. The van der Waals surface area contributed by atoms with Gasteiger partial charge in [-0.25, -0.2) is 13.3 Å². The minimum absolute atomic E-state index is 0.0184. The van der Waals surface area contributed by atoms with E-state index in [0.29, 0.717) is 5.02 Å². The molecule has 1 aliphatic heterocycles. The fraction of sp³-hybridized carbons (Fsp3) is 0.273. The summed E-state index contributed by atoms with van der Waals surface area (Å²) < 4.78 is 28.4. The van der Waals surface area contributed by atoms with Crippen molar-refractivity contribution in [3.63, 3.8) is 0 Å². The minimum atomic E-state index is -4.08. The van der Waals surface area contributed by atoms with Gasteiger partial charge in [-0.1, -0.05) is 40.9 Å². The van der Waals surface area contributed by atoms with Gasteiger partial charge in [-0.3, -0.25) is 14.3 Å². The quantitative estimate of drug-likeness (QED) is 0.520. The van der Waals surface area contributed by atoms with Crippen LogP contribution in [0.15, 0.2) is 59.0 Å². The van der Waals surface area contributed by atoms with Crippen LogP contribution in [0.25, 0.3) is 0 Å². The van der Waals surface area contributed by atoms with E-state index in [0.717, 1.165) is 16.9 Å². The van der Waals surface area contributed by atoms with Gasteiger partial charge in [0.1, 0.15) is 4.90 Å². The first kappa shape index (κ1) is 20.5. The van der Waals surface area contributed by atoms with E-state index in [1.807, 2.05) is 6.92 Å². The number of hydrogen-bond acceptors (Lipinski definition) is 4. The second kappa shape index (κ2) is 7.08. The maximum absolute atomic E-state index is 13.2. The Bertz CT molecular complexity index is 1270. The number of imide groups is 1. The average molecular weight is 477 g/mol. The van der Waals surface area contributed by atoms with E-state index in [1.165, 1.54) is 24.3 Å². The SMILES string of the molecule is CC1=C[C@H]2C[C@H]1[C@@H]1C(=O)N(c3ccc(Cl)c(S(=O)(=O)Nc4cccc(Cl)c4)c3)C(=O)[C@H]12. The molecule has 0 unspecified atom stereocenters. The highest BCUT2D eigenvalue weighted by Crippen LogP contribution is 2.56. The number of fused-ring (bicyclic) bond motifs is 5. The minimum Gasteiger partial charge on any atom is -0.280 e. The Hall–Kier alpha value is -2.35. The lowest BCUT2D eigenvalue weighted by Gasteiger charge is -2.19. The fourth-order valence-electron chi connectivity index (χ4n) is 5.13. The molecule has 5 rings (SSSR count). The Morgan fingerprint density at radius 3 is 2.52 bits per heavy atom. The van der Waals surface area contributed by atoms with Crippen LogP contribution in [0.2, 0.25) is 10.0 Å². The van der Waals surface area contributed by atoms with Crippen molar-refractivity contribution in [2.24, 2.45) is 23.7 Å². The number of nitrogens with one attached hydrogen (secondary N) is 1. The summed E-state index contributed by atoms with van der Waals surface area (Å²) in [5, 5.41) is 0.355. The van der Waals surface area contributed by atoms with Gasteiger partial charge < -0.3 is 0 Å². The van der Waals surface area contributed by atoms with Crippen molar-refractivity contribution in [1.82, 2.24) is 0 Å². The fourth-order valence-corrected chi connectivity index (χ4v) is 6.89. The Balaban J connectivity index is 1.50. The standard InChI is InChI=1S/C22H18Cl2N2O4S/c1-11-7-12-8-16(11)20-19(12)21(27)26(22(20)28)15-5-6-17(24)18(10-15)31(29,30)25-14-4-2-3-13(23)9-14/h2-7,9-10,12,16,19-20,25H,8H2,1H3/t12-,16+,19-,20-/m0/s1. The summed E-state index contributed by atoms with van der Waals surface area (Å²) in [6.07, 6.45) is 2.92. The van der Waals surface area contributed by atoms with Crippen molar-refractivity contribution < 1.29 is 18.0 Å². The van der Waals surface area contributed by atoms with Crippen LogP contribution in [0.3, 0.4) is 0 Å². The summed E-state index contributed by atoms with van der Waals surface area (Å²) in [7, 11) is -4.08. The summed E-state index contributed by atoms with van der Waals surface area (Å²) in [5.74, 6) is -1.15. The van der Waals surface area contributed by atoms with Gasteiger partial charge in [0, 0.05) is 5.02 Å². The number of nitrogens with zero attached hydrogens (tertiary/aromatic N) is 1. The molecule has 6 nitrogen and oxygen atoms in total. The van der Waals surface area contributed by atoms with Gasteiger partial charge in [-0.15, -0.1) is 0 Å². The summed E-state index contributed by atoms with van der Waals surface area (Å²) in [6.45, 7) is 2.00. The number of carbonyl (C=O) groups is 2. The van der Waals surface area contributed by atoms with E-state index in [-0.39, 0.29) is 56.8 Å². The van der Waals surface area contributed by atoms with E-state index < -0.39 is 10.0 Å². The highest BCUT2D eigenvalue weighted by molar-refractivity contribution is 7.92. The van der Waals surface area contributed by atoms with Crippen LogP contribution < -0.4 is 9.62 Å². The topological polar surface area (TPSA) is 83.6 Å². The summed E-state index contributed by atoms with van der Waals surface area (Å²) in [6, 6.07) is 10.4. The lowest BCUT2D eigenvalue weighted by molar-refractivity contribution is -0.123. The molecule has 1 heterocycles. The monoisotopic (exact) mass is 476 g/mol. The number of rotatable bonds is 4. The smallest absolute Gasteiger partial charge is 0.263 e. The molecule has 1 saturated carbocycles. The summed E-state index contributed by atoms with van der Waals surface area (Å²) in [5.41, 5.74) is 1.63. The van der Waals surface area contributed by atoms with Gasteiger partial charge in [-0.05, 0) is 61.6 Å². The molecule has 2 fully saturated rings. The lowest BCUT2D eigenvalue weighted by atomic mass is 9.82. The first-order valence-electron chi connectivity index (χ1n) is 9.81. The van der Waals surface area contributed by atoms with E-state index in [2.05, 4.69) is 10.8 Å². The van der Waals surface area contributed by atoms with Crippen LogP contribution in [-0.4, -0.2) is 20.2 Å². The van der Waals surface area contributed by atoms with Crippen LogP contribution >= 0.6 is 23.2 Å². The highest BCUT2D eigenvalue weighted by Gasteiger charge is 2.61. The molecule has 0 aromatic heterocycles. The summed E-state index contributed by atoms with van der Waals surface area (Å²) >= 11 is 12.1. The molecule has 2 aromatic carbocycles. The number of halogens is 2. The predicted molar refractivity (Wildman–Crippen MR) is 119 cm³/mol. The van der Waals surface area contributed by atoms with Gasteiger partial charge in [0.15, 0.2) is 0 Å². The molecule has 4 atom stereocenters. The number of carbonyl (C=O) groups excluding carboxylic acids is 2. The van der Waals surface area contributed by atoms with Crippen molar-refractivity contribution in [2.45, 2.75) is 18.2 Å². The predicted octanol–water partition coefficient (Wildman–Crippen LogP) is 4.50. The van der Waals surface area contributed by atoms with Crippen molar-refractivity contribution in [3.8, 4) is 0 Å². The van der Waals surface area contributed by atoms with Crippen LogP contribution in [0.4, 0.5) is 11.4 Å². The molecule has 31 heavy (non-hydrogen) atoms. The molecule has 2 aliphatic carbocycles. The molecular formula is C22H18Cl2N2O4S. The molecule has 1 saturated heterocycles. The summed E-state index contributed by atoms with van der Waals surface area (Å²) in [4.78, 5) is 27.2. The zero-order valence-corrected chi connectivity index (χ0v) is 18.7. The third-order valence-electron chi connectivity index (χ3n) is 6.42. The van der Waals surface area contributed by atoms with Crippen molar-refractivity contribution in [2.75, 3.05) is 9.62 Å². The van der Waals surface area contributed by atoms with Crippen LogP contribution in [0.5, 0.6) is 0 Å². The molecule has 1 N–H and O–H groups in total. The van der Waals surface area contributed by atoms with Crippen molar-refractivity contribution in [3.05, 3.63) is 64.2 Å². The molecule has 2 aromatic rings. The third-order valence-corrected chi connectivity index (χ3v) is 8.52. The number of benzene rings is 2. The number of allylic oxidation sites excluding steroid dienone is 2. The first-order valence-corrected chi connectivity index (χ1v) is 12.1. The van der Waals surface area contributed by atoms with Crippen molar-refractivity contribution in [1.29, 1.82) is 0 Å². The molecular weight excluding hydrogens is 459 g/mol. The zero-order chi connectivity index (χ0) is 22.1. The Morgan fingerprint density at radius 2 is 1.77 bits per heavy atom. The number of anilines is 2. The highest BCUT2D eigenvalue weighted by atomic mass is 35.5. The third kappa shape index (κ3) is 3.18. The molecule has 2 bridgehead atoms. The molecule has 9 heteroatoms. The lowest BCUT2D eigenvalue weighted by Crippen LogP contribution is -2.33.